The Morgan fingerprint density at radius 1 is 1.15 bits per heavy atom. The van der Waals surface area contributed by atoms with Crippen LogP contribution < -0.4 is 10.2 Å². The van der Waals surface area contributed by atoms with Crippen molar-refractivity contribution in [3.05, 3.63) is 46.7 Å². The fourth-order valence-electron chi connectivity index (χ4n) is 3.11. The molecule has 7 nitrogen and oxygen atoms in total. The van der Waals surface area contributed by atoms with Gasteiger partial charge in [0.1, 0.15) is 17.5 Å². The molecule has 1 unspecified atom stereocenters. The average Bonchev–Trinajstić information content (AvgIpc) is 3.23. The second-order valence-electron chi connectivity index (χ2n) is 6.53. The Labute approximate surface area is 156 Å². The molecule has 0 radical (unpaired) electrons. The SMILES string of the molecule is Cc1cc(Nc2nc(C)c(C)s2)nc(C2CCN(c3cnccn3)C2)n1. The van der Waals surface area contributed by atoms with E-state index in [0.717, 1.165) is 53.5 Å². The van der Waals surface area contributed by atoms with Gasteiger partial charge in [-0.15, -0.1) is 11.3 Å². The summed E-state index contributed by atoms with van der Waals surface area (Å²) in [4.78, 5) is 26.0. The summed E-state index contributed by atoms with van der Waals surface area (Å²) in [6.45, 7) is 7.90. The normalized spacial score (nSPS) is 16.9. The van der Waals surface area contributed by atoms with Crippen molar-refractivity contribution >= 4 is 28.1 Å². The van der Waals surface area contributed by atoms with Crippen LogP contribution in [0.4, 0.5) is 16.8 Å². The molecule has 1 atom stereocenters. The first kappa shape index (κ1) is 16.8. The van der Waals surface area contributed by atoms with Gasteiger partial charge in [0.2, 0.25) is 0 Å². The highest BCUT2D eigenvalue weighted by Crippen LogP contribution is 2.29. The van der Waals surface area contributed by atoms with Crippen LogP contribution in [0.1, 0.15) is 34.4 Å². The topological polar surface area (TPSA) is 79.7 Å². The zero-order valence-electron chi connectivity index (χ0n) is 15.1. The number of aryl methyl sites for hydroxylation is 3. The number of thiazole rings is 1. The summed E-state index contributed by atoms with van der Waals surface area (Å²) >= 11 is 1.64. The highest BCUT2D eigenvalue weighted by Gasteiger charge is 2.27. The zero-order valence-corrected chi connectivity index (χ0v) is 15.9. The molecule has 1 fully saturated rings. The van der Waals surface area contributed by atoms with E-state index in [2.05, 4.69) is 37.1 Å². The fourth-order valence-corrected chi connectivity index (χ4v) is 3.93. The van der Waals surface area contributed by atoms with Crippen LogP contribution in [0.3, 0.4) is 0 Å². The summed E-state index contributed by atoms with van der Waals surface area (Å²) in [7, 11) is 0. The third-order valence-electron chi connectivity index (χ3n) is 4.56. The van der Waals surface area contributed by atoms with Crippen molar-refractivity contribution in [2.75, 3.05) is 23.3 Å². The zero-order chi connectivity index (χ0) is 18.1. The van der Waals surface area contributed by atoms with Crippen LogP contribution >= 0.6 is 11.3 Å². The molecule has 1 aliphatic heterocycles. The molecule has 1 aliphatic rings. The fraction of sp³-hybridized carbons (Fsp3) is 0.389. The maximum atomic E-state index is 4.76. The van der Waals surface area contributed by atoms with E-state index in [4.69, 9.17) is 4.98 Å². The van der Waals surface area contributed by atoms with Gasteiger partial charge >= 0.3 is 0 Å². The quantitative estimate of drug-likeness (QED) is 0.757. The van der Waals surface area contributed by atoms with E-state index in [-0.39, 0.29) is 5.92 Å². The van der Waals surface area contributed by atoms with Crippen molar-refractivity contribution in [3.8, 4) is 0 Å². The second kappa shape index (κ2) is 6.95. The summed E-state index contributed by atoms with van der Waals surface area (Å²) in [6, 6.07) is 1.96. The number of anilines is 3. The van der Waals surface area contributed by atoms with E-state index in [9.17, 15) is 0 Å². The third-order valence-corrected chi connectivity index (χ3v) is 5.55. The lowest BCUT2D eigenvalue weighted by Gasteiger charge is -2.16. The second-order valence-corrected chi connectivity index (χ2v) is 7.74. The highest BCUT2D eigenvalue weighted by molar-refractivity contribution is 7.15. The molecular weight excluding hydrogens is 346 g/mol. The molecule has 1 saturated heterocycles. The highest BCUT2D eigenvalue weighted by atomic mass is 32.1. The monoisotopic (exact) mass is 367 g/mol. The van der Waals surface area contributed by atoms with Gasteiger partial charge in [-0.25, -0.2) is 19.9 Å². The van der Waals surface area contributed by atoms with E-state index < -0.39 is 0 Å². The lowest BCUT2D eigenvalue weighted by Crippen LogP contribution is -2.21. The van der Waals surface area contributed by atoms with Crippen molar-refractivity contribution in [3.63, 3.8) is 0 Å². The summed E-state index contributed by atoms with van der Waals surface area (Å²) in [5, 5.41) is 4.21. The molecule has 0 aromatic carbocycles. The summed E-state index contributed by atoms with van der Waals surface area (Å²) in [5.74, 6) is 2.88. The van der Waals surface area contributed by atoms with Gasteiger partial charge in [0, 0.05) is 48.0 Å². The standard InChI is InChI=1S/C18H21N7S/c1-11-8-15(24-18-22-12(2)13(3)26-18)23-17(21-11)14-4-7-25(10-14)16-9-19-5-6-20-16/h5-6,8-9,14H,4,7,10H2,1-3H3,(H,21,22,23,24). The molecule has 0 spiro atoms. The van der Waals surface area contributed by atoms with Gasteiger partial charge in [-0.3, -0.25) is 4.98 Å². The van der Waals surface area contributed by atoms with Crippen molar-refractivity contribution in [2.45, 2.75) is 33.1 Å². The van der Waals surface area contributed by atoms with Crippen LogP contribution in [-0.4, -0.2) is 38.0 Å². The minimum atomic E-state index is 0.289. The van der Waals surface area contributed by atoms with Gasteiger partial charge in [0.15, 0.2) is 5.13 Å². The first-order valence-corrected chi connectivity index (χ1v) is 9.48. The Bertz CT molecular complexity index is 890. The molecule has 0 amide bonds. The van der Waals surface area contributed by atoms with E-state index >= 15 is 0 Å². The van der Waals surface area contributed by atoms with E-state index in [1.165, 1.54) is 4.88 Å². The van der Waals surface area contributed by atoms with E-state index in [0.29, 0.717) is 0 Å². The summed E-state index contributed by atoms with van der Waals surface area (Å²) < 4.78 is 0. The van der Waals surface area contributed by atoms with Gasteiger partial charge in [0.25, 0.3) is 0 Å². The maximum absolute atomic E-state index is 4.76. The molecule has 3 aromatic rings. The number of nitrogens with one attached hydrogen (secondary N) is 1. The van der Waals surface area contributed by atoms with Crippen molar-refractivity contribution in [2.24, 2.45) is 0 Å². The lowest BCUT2D eigenvalue weighted by molar-refractivity contribution is 0.705. The van der Waals surface area contributed by atoms with Crippen molar-refractivity contribution < 1.29 is 0 Å². The molecule has 0 saturated carbocycles. The number of hydrogen-bond donors (Lipinski definition) is 1. The molecule has 4 heterocycles. The number of aromatic nitrogens is 5. The first-order chi connectivity index (χ1) is 12.6. The molecule has 1 N–H and O–H groups in total. The Hall–Kier alpha value is -2.61. The molecule has 8 heteroatoms. The summed E-state index contributed by atoms with van der Waals surface area (Å²) in [5.41, 5.74) is 2.01. The minimum absolute atomic E-state index is 0.289. The van der Waals surface area contributed by atoms with Crippen LogP contribution in [0.2, 0.25) is 0 Å². The van der Waals surface area contributed by atoms with Crippen LogP contribution in [0, 0.1) is 20.8 Å². The van der Waals surface area contributed by atoms with E-state index in [1.807, 2.05) is 19.9 Å². The van der Waals surface area contributed by atoms with Gasteiger partial charge in [-0.05, 0) is 27.2 Å². The Morgan fingerprint density at radius 2 is 2.04 bits per heavy atom. The predicted octanol–water partition coefficient (Wildman–Crippen LogP) is 3.39. The van der Waals surface area contributed by atoms with E-state index in [1.54, 1.807) is 29.9 Å². The third kappa shape index (κ3) is 3.50. The Kier molecular flexibility index (Phi) is 4.50. The molecule has 0 aliphatic carbocycles. The maximum Gasteiger partial charge on any atom is 0.188 e. The lowest BCUT2D eigenvalue weighted by atomic mass is 10.1. The predicted molar refractivity (Wildman–Crippen MR) is 103 cm³/mol. The molecule has 3 aromatic heterocycles. The van der Waals surface area contributed by atoms with Crippen LogP contribution in [-0.2, 0) is 0 Å². The van der Waals surface area contributed by atoms with Gasteiger partial charge in [0.05, 0.1) is 11.9 Å². The smallest absolute Gasteiger partial charge is 0.188 e. The van der Waals surface area contributed by atoms with Crippen molar-refractivity contribution in [1.29, 1.82) is 0 Å². The molecule has 26 heavy (non-hydrogen) atoms. The first-order valence-electron chi connectivity index (χ1n) is 8.66. The minimum Gasteiger partial charge on any atom is -0.355 e. The molecule has 134 valence electrons. The van der Waals surface area contributed by atoms with Gasteiger partial charge in [-0.2, -0.15) is 0 Å². The Morgan fingerprint density at radius 3 is 2.77 bits per heavy atom. The largest absolute Gasteiger partial charge is 0.355 e. The molecular formula is C18H21N7S. The Balaban J connectivity index is 1.53. The number of nitrogens with zero attached hydrogens (tertiary/aromatic N) is 6. The molecule has 4 rings (SSSR count). The number of rotatable bonds is 4. The van der Waals surface area contributed by atoms with Crippen LogP contribution in [0.5, 0.6) is 0 Å². The van der Waals surface area contributed by atoms with Crippen LogP contribution in [0.25, 0.3) is 0 Å². The van der Waals surface area contributed by atoms with Crippen LogP contribution in [0.15, 0.2) is 24.7 Å². The number of hydrogen-bond acceptors (Lipinski definition) is 8. The molecule has 0 bridgehead atoms. The van der Waals surface area contributed by atoms with Gasteiger partial charge in [-0.1, -0.05) is 0 Å². The van der Waals surface area contributed by atoms with Gasteiger partial charge < -0.3 is 10.2 Å². The summed E-state index contributed by atoms with van der Waals surface area (Å²) in [6.07, 6.45) is 6.24. The average molecular weight is 367 g/mol. The van der Waals surface area contributed by atoms with Crippen molar-refractivity contribution in [1.82, 2.24) is 24.9 Å².